The van der Waals surface area contributed by atoms with Gasteiger partial charge in [0.05, 0.1) is 31.0 Å². The molecule has 2 aliphatic heterocycles. The molecular formula is C28H22Br2Cl2N6O4. The third kappa shape index (κ3) is 3.49. The van der Waals surface area contributed by atoms with Crippen LogP contribution in [-0.4, -0.2) is 18.3 Å². The molecule has 14 heteroatoms. The molecule has 0 atom stereocenters. The number of aryl methyl sites for hydroxylation is 4. The van der Waals surface area contributed by atoms with E-state index in [1.54, 1.807) is 30.4 Å². The average Bonchev–Trinajstić information content (AvgIpc) is 3.42. The number of aromatic nitrogens is 4. The molecule has 0 fully saturated rings. The highest BCUT2D eigenvalue weighted by Gasteiger charge is 2.31. The highest BCUT2D eigenvalue weighted by molar-refractivity contribution is 9.11. The third-order valence-corrected chi connectivity index (χ3v) is 9.95. The molecule has 5 aromatic rings. The van der Waals surface area contributed by atoms with Gasteiger partial charge in [-0.1, -0.05) is 23.2 Å². The van der Waals surface area contributed by atoms with Crippen LogP contribution in [0.5, 0.6) is 23.0 Å². The summed E-state index contributed by atoms with van der Waals surface area (Å²) in [5.41, 5.74) is 3.59. The predicted molar refractivity (Wildman–Crippen MR) is 169 cm³/mol. The lowest BCUT2D eigenvalue weighted by atomic mass is 10.2. The molecule has 0 unspecified atom stereocenters. The molecule has 3 aromatic carbocycles. The summed E-state index contributed by atoms with van der Waals surface area (Å²) in [4.78, 5) is 35.8. The van der Waals surface area contributed by atoms with Gasteiger partial charge in [-0.15, -0.1) is 0 Å². The first-order valence-corrected chi connectivity index (χ1v) is 15.8. The van der Waals surface area contributed by atoms with E-state index in [4.69, 9.17) is 42.7 Å². The van der Waals surface area contributed by atoms with Crippen LogP contribution >= 0.6 is 55.1 Å². The van der Waals surface area contributed by atoms with Gasteiger partial charge in [0.25, 0.3) is 0 Å². The first-order chi connectivity index (χ1) is 20.2. The second-order valence-corrected chi connectivity index (χ2v) is 12.1. The van der Waals surface area contributed by atoms with Gasteiger partial charge in [0.2, 0.25) is 0 Å². The minimum atomic E-state index is -0.116. The smallest absolute Gasteiger partial charge is 0.329 e. The van der Waals surface area contributed by atoms with Gasteiger partial charge in [0.1, 0.15) is 32.1 Å². The average molecular weight is 737 g/mol. The van der Waals surface area contributed by atoms with Crippen LogP contribution in [0.15, 0.2) is 40.7 Å². The molecule has 42 heavy (non-hydrogen) atoms. The van der Waals surface area contributed by atoms with Gasteiger partial charge in [-0.25, -0.2) is 19.6 Å². The monoisotopic (exact) mass is 734 g/mol. The number of hydrogen-bond donors (Lipinski definition) is 0. The first kappa shape index (κ1) is 27.8. The summed E-state index contributed by atoms with van der Waals surface area (Å²) in [5.74, 6) is 1.30. The van der Waals surface area contributed by atoms with Crippen molar-refractivity contribution in [3.63, 3.8) is 0 Å². The van der Waals surface area contributed by atoms with E-state index in [-0.39, 0.29) is 43.6 Å². The van der Waals surface area contributed by atoms with Gasteiger partial charge in [0.15, 0.2) is 23.0 Å². The predicted octanol–water partition coefficient (Wildman–Crippen LogP) is 6.94. The fourth-order valence-corrected chi connectivity index (χ4v) is 7.73. The summed E-state index contributed by atoms with van der Waals surface area (Å²) < 4.78 is 20.7. The lowest BCUT2D eigenvalue weighted by Gasteiger charge is -2.22. The minimum absolute atomic E-state index is 0.116. The van der Waals surface area contributed by atoms with Crippen LogP contribution in [0.25, 0.3) is 22.1 Å². The highest BCUT2D eigenvalue weighted by atomic mass is 79.9. The lowest BCUT2D eigenvalue weighted by Crippen LogP contribution is -2.23. The van der Waals surface area contributed by atoms with Crippen molar-refractivity contribution in [2.75, 3.05) is 0 Å². The van der Waals surface area contributed by atoms with E-state index in [0.717, 1.165) is 0 Å². The summed E-state index contributed by atoms with van der Waals surface area (Å²) in [7, 11) is 0. The number of ether oxygens (including phenoxy) is 2. The van der Waals surface area contributed by atoms with Crippen molar-refractivity contribution in [2.45, 2.75) is 53.9 Å². The molecule has 216 valence electrons. The van der Waals surface area contributed by atoms with Crippen molar-refractivity contribution in [3.8, 4) is 23.0 Å². The van der Waals surface area contributed by atoms with Crippen LogP contribution in [0, 0.1) is 0 Å². The molecule has 0 bridgehead atoms. The fraction of sp³-hybridized carbons (Fsp3) is 0.286. The van der Waals surface area contributed by atoms with Crippen molar-refractivity contribution < 1.29 is 9.47 Å². The molecule has 0 N–H and O–H groups in total. The Labute approximate surface area is 264 Å². The van der Waals surface area contributed by atoms with Gasteiger partial charge >= 0.3 is 11.4 Å². The number of halogens is 4. The van der Waals surface area contributed by atoms with Gasteiger partial charge in [0, 0.05) is 38.3 Å². The second-order valence-electron chi connectivity index (χ2n) is 9.76. The Morgan fingerprint density at radius 3 is 1.36 bits per heavy atom. The molecule has 10 nitrogen and oxygen atoms in total. The summed E-state index contributed by atoms with van der Waals surface area (Å²) in [5, 5.41) is 0.917. The Hall–Kier alpha value is -3.06. The van der Waals surface area contributed by atoms with Gasteiger partial charge in [-0.3, -0.25) is 18.3 Å². The van der Waals surface area contributed by atoms with E-state index >= 15 is 0 Å². The molecule has 0 aliphatic carbocycles. The number of benzene rings is 3. The molecule has 0 saturated heterocycles. The molecule has 7 rings (SSSR count). The van der Waals surface area contributed by atoms with Crippen LogP contribution in [0.2, 0.25) is 10.0 Å². The van der Waals surface area contributed by atoms with Gasteiger partial charge in [-0.05, 0) is 59.6 Å². The van der Waals surface area contributed by atoms with E-state index in [2.05, 4.69) is 31.9 Å². The maximum Gasteiger partial charge on any atom is 0.329 e. The zero-order valence-electron chi connectivity index (χ0n) is 22.8. The molecule has 4 heterocycles. The highest BCUT2D eigenvalue weighted by Crippen LogP contribution is 2.49. The zero-order chi connectivity index (χ0) is 29.8. The lowest BCUT2D eigenvalue weighted by molar-refractivity contribution is 0.451. The number of fused-ring (bicyclic) bond motifs is 6. The molecule has 0 saturated carbocycles. The van der Waals surface area contributed by atoms with Crippen LogP contribution in [0.1, 0.15) is 27.7 Å². The molecular weight excluding hydrogens is 715 g/mol. The minimum Gasteiger partial charge on any atom is -0.451 e. The fourth-order valence-electron chi connectivity index (χ4n) is 5.81. The molecule has 0 amide bonds. The summed E-state index contributed by atoms with van der Waals surface area (Å²) in [6.07, 6.45) is 0. The van der Waals surface area contributed by atoms with Gasteiger partial charge < -0.3 is 9.47 Å². The molecule has 0 spiro atoms. The zero-order valence-corrected chi connectivity index (χ0v) is 27.5. The Morgan fingerprint density at radius 1 is 0.667 bits per heavy atom. The Kier molecular flexibility index (Phi) is 6.43. The van der Waals surface area contributed by atoms with E-state index in [1.165, 1.54) is 0 Å². The number of nitrogens with zero attached hydrogens (tertiary/aromatic N) is 6. The molecule has 2 aliphatic rings. The van der Waals surface area contributed by atoms with Crippen molar-refractivity contribution in [2.24, 2.45) is 9.98 Å². The summed E-state index contributed by atoms with van der Waals surface area (Å²) in [6.45, 7) is 9.63. The maximum atomic E-state index is 13.1. The Bertz CT molecular complexity index is 2140. The standard InChI is InChI=1S/C28H22Br2Cl2N6O4/c1-5-35-11-9-13-19(15(29)23(11)37(7-3)27(35)39)33-21-18(32)26-22(17(31)25(21)41-13)34-20-14(42-26)10-12-24(16(20)30)38(8-4)28(40)36(12)6-2/h9-10H,5-8H2,1-4H3. The summed E-state index contributed by atoms with van der Waals surface area (Å²) in [6, 6.07) is 3.59. The number of rotatable bonds is 4. The Morgan fingerprint density at radius 2 is 1.02 bits per heavy atom. The molecule has 0 radical (unpaired) electrons. The van der Waals surface area contributed by atoms with Crippen molar-refractivity contribution in [1.29, 1.82) is 0 Å². The topological polar surface area (TPSA) is 97.0 Å². The molecule has 2 aromatic heterocycles. The van der Waals surface area contributed by atoms with Crippen molar-refractivity contribution in [1.82, 2.24) is 18.3 Å². The number of imidazole rings is 2. The van der Waals surface area contributed by atoms with E-state index in [0.29, 0.717) is 80.1 Å². The van der Waals surface area contributed by atoms with E-state index in [1.807, 2.05) is 27.7 Å². The quantitative estimate of drug-likeness (QED) is 0.196. The van der Waals surface area contributed by atoms with Crippen molar-refractivity contribution in [3.05, 3.63) is 62.8 Å². The van der Waals surface area contributed by atoms with Crippen LogP contribution in [0.3, 0.4) is 0 Å². The number of hydrogen-bond acceptors (Lipinski definition) is 6. The maximum absolute atomic E-state index is 13.1. The van der Waals surface area contributed by atoms with Gasteiger partial charge in [-0.2, -0.15) is 0 Å². The van der Waals surface area contributed by atoms with Crippen LogP contribution in [-0.2, 0) is 26.2 Å². The van der Waals surface area contributed by atoms with E-state index in [9.17, 15) is 9.59 Å². The van der Waals surface area contributed by atoms with Crippen LogP contribution < -0.4 is 31.6 Å². The van der Waals surface area contributed by atoms with E-state index < -0.39 is 0 Å². The normalized spacial score (nSPS) is 13.1. The van der Waals surface area contributed by atoms with Crippen LogP contribution in [0.4, 0.5) is 11.4 Å². The largest absolute Gasteiger partial charge is 0.451 e. The van der Waals surface area contributed by atoms with Crippen molar-refractivity contribution >= 4 is 88.5 Å². The third-order valence-electron chi connectivity index (χ3n) is 7.75. The summed E-state index contributed by atoms with van der Waals surface area (Å²) >= 11 is 21.2. The first-order valence-electron chi connectivity index (χ1n) is 13.4. The Balaban J connectivity index is 1.51. The SMILES string of the molecule is CCn1c(=O)n(CC)c2c(Br)c3c(cc21)Oc1c(Cl)c2c(c(Cl)c1=N3)Oc1cc3c(c(Br)c1N=2)n(CC)c(=O)n3CC. The second kappa shape index (κ2) is 9.73.